The lowest BCUT2D eigenvalue weighted by Gasteiger charge is -2.21. The number of rotatable bonds is 8. The zero-order valence-corrected chi connectivity index (χ0v) is 12.2. The molecule has 2 atom stereocenters. The summed E-state index contributed by atoms with van der Waals surface area (Å²) in [5.74, 6) is -0.269. The van der Waals surface area contributed by atoms with E-state index in [4.69, 9.17) is 15.4 Å². The molecule has 1 rings (SSSR count). The predicted molar refractivity (Wildman–Crippen MR) is 76.4 cm³/mol. The molecule has 4 N–H and O–H groups in total. The minimum Gasteiger partial charge on any atom is -0.480 e. The third-order valence-electron chi connectivity index (χ3n) is 2.07. The largest absolute Gasteiger partial charge is 0.480 e. The van der Waals surface area contributed by atoms with Crippen LogP contribution in [0.5, 0.6) is 5.75 Å². The van der Waals surface area contributed by atoms with Gasteiger partial charge in [0.15, 0.2) is 0 Å². The van der Waals surface area contributed by atoms with Gasteiger partial charge in [-0.2, -0.15) is 0 Å². The standard InChI is InChI=1S/C11H17N2O4PS/c1-9(11(14)15)13-18(16,19-8-7-12)17-10-5-3-2-4-6-10/h2-6,9H,7-8,12H2,1H3,(H,13,16)(H,14,15). The third-order valence-corrected chi connectivity index (χ3v) is 6.09. The molecule has 0 heterocycles. The average Bonchev–Trinajstić information content (AvgIpc) is 2.37. The van der Waals surface area contributed by atoms with E-state index in [1.807, 2.05) is 0 Å². The van der Waals surface area contributed by atoms with Gasteiger partial charge >= 0.3 is 12.7 Å². The van der Waals surface area contributed by atoms with Crippen molar-refractivity contribution in [1.82, 2.24) is 5.09 Å². The first-order valence-electron chi connectivity index (χ1n) is 5.67. The molecule has 0 aliphatic heterocycles. The van der Waals surface area contributed by atoms with E-state index in [0.29, 0.717) is 18.0 Å². The summed E-state index contributed by atoms with van der Waals surface area (Å²) < 4.78 is 18.0. The Balaban J connectivity index is 2.80. The lowest BCUT2D eigenvalue weighted by atomic mass is 10.3. The first kappa shape index (κ1) is 16.0. The summed E-state index contributed by atoms with van der Waals surface area (Å²) in [6, 6.07) is 7.63. The second-order valence-electron chi connectivity index (χ2n) is 3.71. The Bertz CT molecular complexity index is 457. The molecular weight excluding hydrogens is 287 g/mol. The van der Waals surface area contributed by atoms with Gasteiger partial charge in [-0.1, -0.05) is 18.2 Å². The van der Waals surface area contributed by atoms with Crippen LogP contribution in [0.1, 0.15) is 6.92 Å². The SMILES string of the molecule is CC(NP(=O)(Oc1ccccc1)SCCN)C(=O)O. The summed E-state index contributed by atoms with van der Waals surface area (Å²) in [6.07, 6.45) is 0. The van der Waals surface area contributed by atoms with Crippen molar-refractivity contribution in [3.05, 3.63) is 30.3 Å². The van der Waals surface area contributed by atoms with Crippen LogP contribution in [0.4, 0.5) is 0 Å². The highest BCUT2D eigenvalue weighted by atomic mass is 32.7. The van der Waals surface area contributed by atoms with E-state index in [1.165, 1.54) is 6.92 Å². The van der Waals surface area contributed by atoms with Crippen molar-refractivity contribution in [1.29, 1.82) is 0 Å². The Morgan fingerprint density at radius 3 is 2.68 bits per heavy atom. The number of para-hydroxylation sites is 1. The van der Waals surface area contributed by atoms with Gasteiger partial charge in [0.05, 0.1) is 0 Å². The summed E-state index contributed by atoms with van der Waals surface area (Å²) in [6.45, 7) is -1.62. The lowest BCUT2D eigenvalue weighted by molar-refractivity contribution is -0.138. The van der Waals surface area contributed by atoms with Crippen molar-refractivity contribution in [2.45, 2.75) is 13.0 Å². The molecule has 0 aliphatic carbocycles. The Morgan fingerprint density at radius 2 is 2.16 bits per heavy atom. The quantitative estimate of drug-likeness (QED) is 0.631. The van der Waals surface area contributed by atoms with Crippen LogP contribution >= 0.6 is 18.1 Å². The van der Waals surface area contributed by atoms with Gasteiger partial charge in [-0.3, -0.25) is 4.79 Å². The second kappa shape index (κ2) is 7.55. The minimum atomic E-state index is -3.36. The number of carboxylic acid groups (broad SMARTS) is 1. The van der Waals surface area contributed by atoms with Gasteiger partial charge in [-0.05, 0) is 30.4 Å². The molecule has 1 aromatic rings. The van der Waals surface area contributed by atoms with E-state index in [2.05, 4.69) is 5.09 Å². The molecule has 0 amide bonds. The van der Waals surface area contributed by atoms with Crippen LogP contribution in [0.2, 0.25) is 0 Å². The Labute approximate surface area is 116 Å². The van der Waals surface area contributed by atoms with Gasteiger partial charge in [0.2, 0.25) is 0 Å². The zero-order chi connectivity index (χ0) is 14.3. The van der Waals surface area contributed by atoms with E-state index >= 15 is 0 Å². The van der Waals surface area contributed by atoms with Crippen molar-refractivity contribution in [3.8, 4) is 5.75 Å². The second-order valence-corrected chi connectivity index (χ2v) is 8.03. The normalized spacial score (nSPS) is 15.5. The van der Waals surface area contributed by atoms with Crippen LogP contribution in [0.25, 0.3) is 0 Å². The summed E-state index contributed by atoms with van der Waals surface area (Å²) in [5, 5.41) is 11.4. The number of carboxylic acids is 1. The Hall–Kier alpha value is -1.01. The minimum absolute atomic E-state index is 0.329. The third kappa shape index (κ3) is 5.65. The summed E-state index contributed by atoms with van der Waals surface area (Å²) >= 11 is 0.998. The van der Waals surface area contributed by atoms with Crippen LogP contribution in [0.15, 0.2) is 30.3 Å². The lowest BCUT2D eigenvalue weighted by Crippen LogP contribution is -2.32. The van der Waals surface area contributed by atoms with E-state index in [9.17, 15) is 9.36 Å². The first-order valence-corrected chi connectivity index (χ1v) is 8.88. The van der Waals surface area contributed by atoms with Crippen molar-refractivity contribution in [2.24, 2.45) is 5.73 Å². The monoisotopic (exact) mass is 304 g/mol. The number of benzene rings is 1. The van der Waals surface area contributed by atoms with Crippen LogP contribution in [-0.2, 0) is 9.36 Å². The number of hydrogen-bond acceptors (Lipinski definition) is 5. The molecule has 0 fully saturated rings. The maximum Gasteiger partial charge on any atom is 0.375 e. The van der Waals surface area contributed by atoms with Gasteiger partial charge < -0.3 is 15.4 Å². The Morgan fingerprint density at radius 1 is 1.53 bits per heavy atom. The van der Waals surface area contributed by atoms with Crippen LogP contribution in [0.3, 0.4) is 0 Å². The molecule has 0 saturated heterocycles. The fourth-order valence-corrected chi connectivity index (χ4v) is 4.84. The highest BCUT2D eigenvalue weighted by Gasteiger charge is 2.30. The van der Waals surface area contributed by atoms with Crippen LogP contribution in [0, 0.1) is 0 Å². The summed E-state index contributed by atoms with van der Waals surface area (Å²) in [5.41, 5.74) is 5.38. The molecule has 0 radical (unpaired) electrons. The fourth-order valence-electron chi connectivity index (χ4n) is 1.18. The molecule has 8 heteroatoms. The van der Waals surface area contributed by atoms with E-state index in [-0.39, 0.29) is 0 Å². The van der Waals surface area contributed by atoms with Crippen molar-refractivity contribution < 1.29 is 19.0 Å². The Kier molecular flexibility index (Phi) is 6.37. The van der Waals surface area contributed by atoms with Gasteiger partial charge in [0.1, 0.15) is 11.8 Å². The first-order chi connectivity index (χ1) is 8.97. The van der Waals surface area contributed by atoms with Crippen LogP contribution in [-0.4, -0.2) is 29.4 Å². The molecule has 6 nitrogen and oxygen atoms in total. The molecule has 0 spiro atoms. The highest BCUT2D eigenvalue weighted by Crippen LogP contribution is 2.55. The highest BCUT2D eigenvalue weighted by molar-refractivity contribution is 8.56. The van der Waals surface area contributed by atoms with E-state index < -0.39 is 18.7 Å². The number of nitrogens with one attached hydrogen (secondary N) is 1. The molecule has 2 unspecified atom stereocenters. The smallest absolute Gasteiger partial charge is 0.375 e. The number of nitrogens with two attached hydrogens (primary N) is 1. The van der Waals surface area contributed by atoms with Crippen molar-refractivity contribution in [2.75, 3.05) is 12.3 Å². The van der Waals surface area contributed by atoms with E-state index in [1.54, 1.807) is 30.3 Å². The van der Waals surface area contributed by atoms with Gasteiger partial charge in [-0.25, -0.2) is 9.65 Å². The maximum atomic E-state index is 12.6. The maximum absolute atomic E-state index is 12.6. The summed E-state index contributed by atoms with van der Waals surface area (Å²) in [4.78, 5) is 10.8. The molecule has 0 bridgehead atoms. The van der Waals surface area contributed by atoms with Crippen molar-refractivity contribution in [3.63, 3.8) is 0 Å². The number of hydrogen-bond donors (Lipinski definition) is 3. The summed E-state index contributed by atoms with van der Waals surface area (Å²) in [7, 11) is 0. The zero-order valence-electron chi connectivity index (χ0n) is 10.5. The van der Waals surface area contributed by atoms with Gasteiger partial charge in [-0.15, -0.1) is 0 Å². The number of aliphatic carboxylic acids is 1. The van der Waals surface area contributed by atoms with Gasteiger partial charge in [0, 0.05) is 12.3 Å². The molecule has 106 valence electrons. The molecule has 0 saturated carbocycles. The molecule has 0 aromatic heterocycles. The predicted octanol–water partition coefficient (Wildman–Crippen LogP) is 1.93. The molecule has 1 aromatic carbocycles. The van der Waals surface area contributed by atoms with Crippen LogP contribution < -0.4 is 15.3 Å². The van der Waals surface area contributed by atoms with Crippen molar-refractivity contribution >= 4 is 24.1 Å². The number of carbonyl (C=O) groups is 1. The molecule has 19 heavy (non-hydrogen) atoms. The fraction of sp³-hybridized carbons (Fsp3) is 0.364. The molecule has 0 aliphatic rings. The molecular formula is C11H17N2O4PS. The van der Waals surface area contributed by atoms with Gasteiger partial charge in [0.25, 0.3) is 0 Å². The topological polar surface area (TPSA) is 102 Å². The van der Waals surface area contributed by atoms with E-state index in [0.717, 1.165) is 11.4 Å². The average molecular weight is 304 g/mol.